The van der Waals surface area contributed by atoms with E-state index >= 15 is 0 Å². The van der Waals surface area contributed by atoms with E-state index in [4.69, 9.17) is 0 Å². The zero-order valence-electron chi connectivity index (χ0n) is 5.09. The van der Waals surface area contributed by atoms with Crippen LogP contribution in [0.1, 0.15) is 0 Å². The number of nitrogens with one attached hydrogen (secondary N) is 1. The SMILES string of the molecule is Cn1[nH]c(=O)c(=O)nc1F. The first kappa shape index (κ1) is 6.66. The lowest BCUT2D eigenvalue weighted by Crippen LogP contribution is -2.34. The zero-order valence-corrected chi connectivity index (χ0v) is 5.09. The van der Waals surface area contributed by atoms with E-state index in [0.29, 0.717) is 0 Å². The van der Waals surface area contributed by atoms with Gasteiger partial charge in [-0.25, -0.2) is 4.68 Å². The molecule has 0 radical (unpaired) electrons. The van der Waals surface area contributed by atoms with Crippen molar-refractivity contribution < 1.29 is 4.39 Å². The topological polar surface area (TPSA) is 67.8 Å². The summed E-state index contributed by atoms with van der Waals surface area (Å²) in [5, 5.41) is 1.92. The highest BCUT2D eigenvalue weighted by molar-refractivity contribution is 4.71. The minimum Gasteiger partial charge on any atom is -0.262 e. The van der Waals surface area contributed by atoms with Crippen LogP contribution < -0.4 is 11.1 Å². The Morgan fingerprint density at radius 3 is 2.70 bits per heavy atom. The highest BCUT2D eigenvalue weighted by Gasteiger charge is 1.99. The summed E-state index contributed by atoms with van der Waals surface area (Å²) in [6.45, 7) is 0. The minimum absolute atomic E-state index is 0.726. The van der Waals surface area contributed by atoms with Crippen LogP contribution in [-0.2, 0) is 7.05 Å². The Hall–Kier alpha value is -1.46. The summed E-state index contributed by atoms with van der Waals surface area (Å²) in [4.78, 5) is 23.4. The van der Waals surface area contributed by atoms with Gasteiger partial charge in [0.15, 0.2) is 0 Å². The highest BCUT2D eigenvalue weighted by Crippen LogP contribution is 1.76. The molecule has 0 saturated heterocycles. The van der Waals surface area contributed by atoms with Crippen molar-refractivity contribution in [1.82, 2.24) is 14.8 Å². The third kappa shape index (κ3) is 0.949. The quantitative estimate of drug-likeness (QED) is 0.457. The molecule has 0 unspecified atom stereocenters. The molecule has 0 amide bonds. The molecule has 0 aromatic carbocycles. The van der Waals surface area contributed by atoms with Gasteiger partial charge in [0.2, 0.25) is 0 Å². The van der Waals surface area contributed by atoms with Crippen molar-refractivity contribution in [3.63, 3.8) is 0 Å². The third-order valence-corrected chi connectivity index (χ3v) is 0.934. The van der Waals surface area contributed by atoms with Gasteiger partial charge in [0.1, 0.15) is 0 Å². The van der Waals surface area contributed by atoms with Gasteiger partial charge < -0.3 is 0 Å². The molecule has 1 N–H and O–H groups in total. The van der Waals surface area contributed by atoms with Crippen molar-refractivity contribution in [2.45, 2.75) is 0 Å². The molecule has 0 spiro atoms. The lowest BCUT2D eigenvalue weighted by molar-refractivity contribution is 0.435. The molecule has 1 heterocycles. The highest BCUT2D eigenvalue weighted by atomic mass is 19.1. The lowest BCUT2D eigenvalue weighted by atomic mass is 10.8. The van der Waals surface area contributed by atoms with E-state index in [2.05, 4.69) is 4.98 Å². The van der Waals surface area contributed by atoms with Crippen LogP contribution in [0.15, 0.2) is 9.59 Å². The molecule has 0 fully saturated rings. The minimum atomic E-state index is -1.12. The van der Waals surface area contributed by atoms with Crippen LogP contribution in [0.5, 0.6) is 0 Å². The number of hydrogen-bond donors (Lipinski definition) is 1. The summed E-state index contributed by atoms with van der Waals surface area (Å²) in [6, 6.07) is 0. The average molecular weight is 145 g/mol. The lowest BCUT2D eigenvalue weighted by Gasteiger charge is -1.94. The smallest absolute Gasteiger partial charge is 0.262 e. The van der Waals surface area contributed by atoms with Gasteiger partial charge in [0.25, 0.3) is 0 Å². The monoisotopic (exact) mass is 145 g/mol. The molecule has 1 rings (SSSR count). The van der Waals surface area contributed by atoms with E-state index in [1.54, 1.807) is 0 Å². The number of aromatic amines is 1. The predicted molar refractivity (Wildman–Crippen MR) is 30.1 cm³/mol. The Morgan fingerprint density at radius 1 is 1.60 bits per heavy atom. The second-order valence-electron chi connectivity index (χ2n) is 1.69. The predicted octanol–water partition coefficient (Wildman–Crippen LogP) is -1.39. The second kappa shape index (κ2) is 2.05. The molecule has 1 aromatic heterocycles. The maximum Gasteiger partial charge on any atom is 0.340 e. The molecular weight excluding hydrogens is 141 g/mol. The van der Waals surface area contributed by atoms with Crippen molar-refractivity contribution in [1.29, 1.82) is 0 Å². The average Bonchev–Trinajstić information content (AvgIpc) is 1.84. The van der Waals surface area contributed by atoms with Crippen LogP contribution in [0, 0.1) is 6.08 Å². The molecule has 5 nitrogen and oxygen atoms in total. The van der Waals surface area contributed by atoms with Crippen LogP contribution >= 0.6 is 0 Å². The van der Waals surface area contributed by atoms with E-state index in [9.17, 15) is 14.0 Å². The van der Waals surface area contributed by atoms with E-state index in [-0.39, 0.29) is 0 Å². The molecule has 0 aliphatic heterocycles. The van der Waals surface area contributed by atoms with Crippen molar-refractivity contribution in [2.24, 2.45) is 7.05 Å². The Kier molecular flexibility index (Phi) is 1.37. The fourth-order valence-electron chi connectivity index (χ4n) is 0.456. The zero-order chi connectivity index (χ0) is 7.72. The Morgan fingerprint density at radius 2 is 2.20 bits per heavy atom. The van der Waals surface area contributed by atoms with Crippen molar-refractivity contribution in [3.8, 4) is 0 Å². The summed E-state index contributed by atoms with van der Waals surface area (Å²) >= 11 is 0. The van der Waals surface area contributed by atoms with Gasteiger partial charge in [-0.1, -0.05) is 0 Å². The van der Waals surface area contributed by atoms with Crippen LogP contribution in [-0.4, -0.2) is 14.8 Å². The van der Waals surface area contributed by atoms with Crippen molar-refractivity contribution in [2.75, 3.05) is 0 Å². The Bertz CT molecular complexity index is 317. The van der Waals surface area contributed by atoms with Gasteiger partial charge in [-0.15, -0.1) is 0 Å². The summed E-state index contributed by atoms with van der Waals surface area (Å²) in [7, 11) is 1.24. The number of hydrogen-bond acceptors (Lipinski definition) is 3. The maximum atomic E-state index is 12.2. The third-order valence-electron chi connectivity index (χ3n) is 0.934. The van der Waals surface area contributed by atoms with Crippen LogP contribution in [0.2, 0.25) is 0 Å². The summed E-state index contributed by atoms with van der Waals surface area (Å²) in [5.74, 6) is 0. The van der Waals surface area contributed by atoms with Crippen molar-refractivity contribution in [3.05, 3.63) is 26.8 Å². The van der Waals surface area contributed by atoms with E-state index in [1.807, 2.05) is 5.10 Å². The van der Waals surface area contributed by atoms with Crippen LogP contribution in [0.4, 0.5) is 4.39 Å². The van der Waals surface area contributed by atoms with Gasteiger partial charge >= 0.3 is 17.2 Å². The first-order valence-electron chi connectivity index (χ1n) is 2.44. The number of aryl methyl sites for hydroxylation is 1. The molecule has 1 aromatic rings. The number of nitrogens with zero attached hydrogens (tertiary/aromatic N) is 2. The molecule has 0 atom stereocenters. The Balaban J connectivity index is 3.59. The number of rotatable bonds is 0. The summed E-state index contributed by atoms with van der Waals surface area (Å²) < 4.78 is 13.0. The van der Waals surface area contributed by atoms with Crippen LogP contribution in [0.25, 0.3) is 0 Å². The van der Waals surface area contributed by atoms with Gasteiger partial charge in [0, 0.05) is 7.05 Å². The molecular formula is C4H4FN3O2. The molecule has 6 heteroatoms. The second-order valence-corrected chi connectivity index (χ2v) is 1.69. The molecule has 0 bridgehead atoms. The fraction of sp³-hybridized carbons (Fsp3) is 0.250. The van der Waals surface area contributed by atoms with Crippen molar-refractivity contribution >= 4 is 0 Å². The number of aromatic nitrogens is 3. The molecule has 0 saturated carbocycles. The normalized spacial score (nSPS) is 9.80. The number of H-pyrrole nitrogens is 1. The van der Waals surface area contributed by atoms with Gasteiger partial charge in [-0.2, -0.15) is 9.37 Å². The van der Waals surface area contributed by atoms with Crippen LogP contribution in [0.3, 0.4) is 0 Å². The van der Waals surface area contributed by atoms with E-state index in [1.165, 1.54) is 7.05 Å². The molecule has 0 aliphatic rings. The van der Waals surface area contributed by atoms with Gasteiger partial charge in [-0.05, 0) is 0 Å². The fourth-order valence-corrected chi connectivity index (χ4v) is 0.456. The first-order valence-corrected chi connectivity index (χ1v) is 2.44. The standard InChI is InChI=1S/C4H4FN3O2/c1-8-4(5)6-2(9)3(10)7-8/h1H3,(H,7,10). The maximum absolute atomic E-state index is 12.2. The van der Waals surface area contributed by atoms with Gasteiger partial charge in [-0.3, -0.25) is 14.7 Å². The molecule has 0 aliphatic carbocycles. The van der Waals surface area contributed by atoms with Gasteiger partial charge in [0.05, 0.1) is 0 Å². The summed E-state index contributed by atoms with van der Waals surface area (Å²) in [5.41, 5.74) is -2.04. The summed E-state index contributed by atoms with van der Waals surface area (Å²) in [6.07, 6.45) is -1.01. The van der Waals surface area contributed by atoms with E-state index in [0.717, 1.165) is 4.68 Å². The van der Waals surface area contributed by atoms with E-state index < -0.39 is 17.2 Å². The Labute approximate surface area is 54.1 Å². The first-order chi connectivity index (χ1) is 4.61. The number of halogens is 1. The molecule has 54 valence electrons. The molecule has 10 heavy (non-hydrogen) atoms. The largest absolute Gasteiger partial charge is 0.340 e.